The molecular formula is C17H8F7NO5. The van der Waals surface area contributed by atoms with Crippen molar-refractivity contribution in [2.45, 2.75) is 6.11 Å². The van der Waals surface area contributed by atoms with Crippen LogP contribution in [0, 0.1) is 29.1 Å². The lowest BCUT2D eigenvalue weighted by Gasteiger charge is -2.33. The summed E-state index contributed by atoms with van der Waals surface area (Å²) >= 11 is 0. The second kappa shape index (κ2) is 7.07. The van der Waals surface area contributed by atoms with E-state index in [9.17, 15) is 40.3 Å². The quantitative estimate of drug-likeness (QED) is 0.584. The molecule has 0 aliphatic carbocycles. The summed E-state index contributed by atoms with van der Waals surface area (Å²) in [6, 6.07) is 0.520. The first kappa shape index (κ1) is 21.2. The number of methoxy groups -OCH3 is 1. The van der Waals surface area contributed by atoms with Gasteiger partial charge in [-0.25, -0.2) is 13.2 Å². The Bertz CT molecular complexity index is 1060. The number of ether oxygens (including phenoxy) is 2. The second-order valence-corrected chi connectivity index (χ2v) is 5.87. The standard InChI is InChI=1S/C17H8F7NO5/c1-29-15-13(21)11(19)10(12(20)14(15)22)5-2-7-8(3-6(5)18)30-17(23,24)16(28)25(7)4-9(26)27/h2-3H,4H2,1H3,(H,26,27). The molecule has 1 heterocycles. The SMILES string of the molecule is COc1c(F)c(F)c(-c2cc3c(cc2F)OC(F)(F)C(=O)N3CC(=O)O)c(F)c1F. The van der Waals surface area contributed by atoms with Crippen LogP contribution in [0.5, 0.6) is 11.5 Å². The van der Waals surface area contributed by atoms with E-state index in [1.807, 2.05) is 0 Å². The minimum Gasteiger partial charge on any atom is -0.491 e. The van der Waals surface area contributed by atoms with Gasteiger partial charge < -0.3 is 14.6 Å². The fraction of sp³-hybridized carbons (Fsp3) is 0.176. The van der Waals surface area contributed by atoms with E-state index < -0.39 is 81.9 Å². The Kier molecular flexibility index (Phi) is 5.00. The van der Waals surface area contributed by atoms with Crippen molar-refractivity contribution in [2.24, 2.45) is 0 Å². The van der Waals surface area contributed by atoms with E-state index in [1.165, 1.54) is 0 Å². The third kappa shape index (κ3) is 3.15. The Labute approximate surface area is 162 Å². The molecule has 1 amide bonds. The van der Waals surface area contributed by atoms with Crippen molar-refractivity contribution in [1.29, 1.82) is 0 Å². The smallest absolute Gasteiger partial charge is 0.482 e. The summed E-state index contributed by atoms with van der Waals surface area (Å²) in [5.41, 5.74) is -3.59. The number of aliphatic carboxylic acids is 1. The number of carboxylic acid groups (broad SMARTS) is 1. The molecule has 0 aromatic heterocycles. The van der Waals surface area contributed by atoms with E-state index in [2.05, 4.69) is 9.47 Å². The van der Waals surface area contributed by atoms with Crippen LogP contribution in [0.4, 0.5) is 36.4 Å². The number of hydrogen-bond acceptors (Lipinski definition) is 4. The van der Waals surface area contributed by atoms with Gasteiger partial charge in [0.15, 0.2) is 23.1 Å². The molecule has 0 bridgehead atoms. The van der Waals surface area contributed by atoms with Crippen LogP contribution in [0.2, 0.25) is 0 Å². The molecule has 0 spiro atoms. The number of benzene rings is 2. The van der Waals surface area contributed by atoms with E-state index in [0.29, 0.717) is 13.2 Å². The van der Waals surface area contributed by atoms with Gasteiger partial charge >= 0.3 is 18.0 Å². The van der Waals surface area contributed by atoms with Gasteiger partial charge in [0, 0.05) is 11.6 Å². The third-order valence-corrected chi connectivity index (χ3v) is 4.06. The Morgan fingerprint density at radius 1 is 1.10 bits per heavy atom. The average Bonchev–Trinajstić information content (AvgIpc) is 2.65. The van der Waals surface area contributed by atoms with Crippen molar-refractivity contribution in [3.05, 3.63) is 41.2 Å². The second-order valence-electron chi connectivity index (χ2n) is 5.87. The highest BCUT2D eigenvalue weighted by Crippen LogP contribution is 2.44. The molecule has 2 aromatic rings. The molecule has 2 aromatic carbocycles. The van der Waals surface area contributed by atoms with Crippen molar-refractivity contribution < 1.29 is 54.9 Å². The van der Waals surface area contributed by atoms with E-state index >= 15 is 0 Å². The lowest BCUT2D eigenvalue weighted by molar-refractivity contribution is -0.193. The molecule has 0 atom stereocenters. The molecule has 1 N–H and O–H groups in total. The topological polar surface area (TPSA) is 76.1 Å². The molecule has 0 saturated carbocycles. The zero-order chi connectivity index (χ0) is 22.5. The number of fused-ring (bicyclic) bond motifs is 1. The number of carbonyl (C=O) groups excluding carboxylic acids is 1. The fourth-order valence-electron chi connectivity index (χ4n) is 2.80. The number of anilines is 1. The zero-order valence-corrected chi connectivity index (χ0v) is 14.5. The highest BCUT2D eigenvalue weighted by Gasteiger charge is 2.51. The van der Waals surface area contributed by atoms with E-state index in [0.717, 1.165) is 0 Å². The minimum atomic E-state index is -4.56. The monoisotopic (exact) mass is 439 g/mol. The molecule has 0 fully saturated rings. The van der Waals surface area contributed by atoms with Crippen LogP contribution < -0.4 is 14.4 Å². The molecule has 0 saturated heterocycles. The van der Waals surface area contributed by atoms with Crippen molar-refractivity contribution in [1.82, 2.24) is 0 Å². The normalized spacial score (nSPS) is 14.9. The van der Waals surface area contributed by atoms with Crippen molar-refractivity contribution >= 4 is 17.6 Å². The Morgan fingerprint density at radius 3 is 2.17 bits per heavy atom. The number of rotatable bonds is 4. The van der Waals surface area contributed by atoms with Gasteiger partial charge in [0.2, 0.25) is 11.6 Å². The maximum absolute atomic E-state index is 14.5. The van der Waals surface area contributed by atoms with Gasteiger partial charge in [0.05, 0.1) is 18.4 Å². The molecule has 1 aliphatic rings. The molecule has 30 heavy (non-hydrogen) atoms. The lowest BCUT2D eigenvalue weighted by Crippen LogP contribution is -2.52. The van der Waals surface area contributed by atoms with Gasteiger partial charge in [-0.2, -0.15) is 17.6 Å². The van der Waals surface area contributed by atoms with Gasteiger partial charge in [0.25, 0.3) is 0 Å². The molecular weight excluding hydrogens is 431 g/mol. The summed E-state index contributed by atoms with van der Waals surface area (Å²) in [7, 11) is 0.715. The first-order valence-corrected chi connectivity index (χ1v) is 7.75. The van der Waals surface area contributed by atoms with Gasteiger partial charge in [-0.1, -0.05) is 0 Å². The van der Waals surface area contributed by atoms with Crippen LogP contribution in [0.3, 0.4) is 0 Å². The number of carboxylic acids is 1. The van der Waals surface area contributed by atoms with Crippen LogP contribution in [0.1, 0.15) is 0 Å². The Hall–Kier alpha value is -3.51. The number of nitrogens with zero attached hydrogens (tertiary/aromatic N) is 1. The number of carbonyl (C=O) groups is 2. The summed E-state index contributed by atoms with van der Waals surface area (Å²) < 4.78 is 107. The van der Waals surface area contributed by atoms with Crippen LogP contribution in [-0.4, -0.2) is 36.7 Å². The molecule has 13 heteroatoms. The van der Waals surface area contributed by atoms with Crippen molar-refractivity contribution in [2.75, 3.05) is 18.6 Å². The molecule has 1 aliphatic heterocycles. The Morgan fingerprint density at radius 2 is 1.67 bits per heavy atom. The number of hydrogen-bond donors (Lipinski definition) is 1. The van der Waals surface area contributed by atoms with E-state index in [-0.39, 0.29) is 11.0 Å². The first-order chi connectivity index (χ1) is 13.9. The fourth-order valence-corrected chi connectivity index (χ4v) is 2.80. The highest BCUT2D eigenvalue weighted by atomic mass is 19.3. The summed E-state index contributed by atoms with van der Waals surface area (Å²) in [4.78, 5) is 22.7. The highest BCUT2D eigenvalue weighted by molar-refractivity contribution is 6.04. The summed E-state index contributed by atoms with van der Waals surface area (Å²) in [6.45, 7) is -1.36. The predicted molar refractivity (Wildman–Crippen MR) is 83.8 cm³/mol. The van der Waals surface area contributed by atoms with Crippen molar-refractivity contribution in [3.8, 4) is 22.6 Å². The number of halogens is 7. The van der Waals surface area contributed by atoms with Gasteiger partial charge in [-0.3, -0.25) is 14.5 Å². The predicted octanol–water partition coefficient (Wildman–Crippen LogP) is 3.46. The number of alkyl halides is 2. The third-order valence-electron chi connectivity index (χ3n) is 4.06. The number of amides is 1. The Balaban J connectivity index is 2.30. The van der Waals surface area contributed by atoms with Crippen LogP contribution >= 0.6 is 0 Å². The molecule has 0 radical (unpaired) electrons. The summed E-state index contributed by atoms with van der Waals surface area (Å²) in [5, 5.41) is 8.85. The first-order valence-electron chi connectivity index (χ1n) is 7.75. The molecule has 3 rings (SSSR count). The lowest BCUT2D eigenvalue weighted by atomic mass is 10.0. The van der Waals surface area contributed by atoms with Crippen molar-refractivity contribution in [3.63, 3.8) is 0 Å². The molecule has 160 valence electrons. The maximum Gasteiger partial charge on any atom is 0.482 e. The average molecular weight is 439 g/mol. The van der Waals surface area contributed by atoms with Crippen LogP contribution in [0.15, 0.2) is 12.1 Å². The summed E-state index contributed by atoms with van der Waals surface area (Å²) in [5.74, 6) is -16.2. The van der Waals surface area contributed by atoms with Crippen LogP contribution in [0.25, 0.3) is 11.1 Å². The molecule has 6 nitrogen and oxygen atoms in total. The van der Waals surface area contributed by atoms with Gasteiger partial charge in [-0.05, 0) is 6.07 Å². The zero-order valence-electron chi connectivity index (χ0n) is 14.5. The molecule has 0 unspecified atom stereocenters. The maximum atomic E-state index is 14.5. The van der Waals surface area contributed by atoms with Crippen LogP contribution in [-0.2, 0) is 9.59 Å². The van der Waals surface area contributed by atoms with E-state index in [4.69, 9.17) is 5.11 Å². The largest absolute Gasteiger partial charge is 0.491 e. The minimum absolute atomic E-state index is 0.0455. The van der Waals surface area contributed by atoms with Gasteiger partial charge in [0.1, 0.15) is 12.4 Å². The van der Waals surface area contributed by atoms with Gasteiger partial charge in [-0.15, -0.1) is 0 Å². The van der Waals surface area contributed by atoms with E-state index in [1.54, 1.807) is 0 Å². The summed E-state index contributed by atoms with van der Waals surface area (Å²) in [6.07, 6.45) is -4.56.